The van der Waals surface area contributed by atoms with Gasteiger partial charge in [0.25, 0.3) is 0 Å². The van der Waals surface area contributed by atoms with E-state index < -0.39 is 0 Å². The minimum absolute atomic E-state index is 0.711. The van der Waals surface area contributed by atoms with Crippen molar-refractivity contribution in [1.29, 1.82) is 0 Å². The summed E-state index contributed by atoms with van der Waals surface area (Å²) < 4.78 is 0. The van der Waals surface area contributed by atoms with E-state index in [0.29, 0.717) is 6.04 Å². The minimum Gasteiger partial charge on any atom is -0.330 e. The number of nitrogens with one attached hydrogen (secondary N) is 1. The van der Waals surface area contributed by atoms with Crippen molar-refractivity contribution in [2.75, 3.05) is 13.1 Å². The number of rotatable bonds is 3. The molecule has 0 amide bonds. The average Bonchev–Trinajstić information content (AvgIpc) is 2.07. The number of hydrogen-bond donors (Lipinski definition) is 2. The maximum Gasteiger partial charge on any atom is 0.00792 e. The SMILES string of the molecule is CC[C@H]1CC[C@H](CCN)NC1. The van der Waals surface area contributed by atoms with Crippen LogP contribution in [0.1, 0.15) is 32.6 Å². The summed E-state index contributed by atoms with van der Waals surface area (Å²) in [7, 11) is 0. The zero-order valence-electron chi connectivity index (χ0n) is 7.47. The van der Waals surface area contributed by atoms with E-state index in [1.165, 1.54) is 25.8 Å². The van der Waals surface area contributed by atoms with Gasteiger partial charge in [-0.2, -0.15) is 0 Å². The molecule has 1 heterocycles. The third-order valence-corrected chi connectivity index (χ3v) is 2.71. The molecule has 2 atom stereocenters. The highest BCUT2D eigenvalue weighted by Crippen LogP contribution is 2.17. The van der Waals surface area contributed by atoms with Gasteiger partial charge in [-0.1, -0.05) is 13.3 Å². The Morgan fingerprint density at radius 2 is 2.27 bits per heavy atom. The topological polar surface area (TPSA) is 38.0 Å². The molecule has 1 aliphatic rings. The first-order chi connectivity index (χ1) is 5.36. The van der Waals surface area contributed by atoms with Gasteiger partial charge in [0.15, 0.2) is 0 Å². The molecular weight excluding hydrogens is 136 g/mol. The molecule has 0 aliphatic carbocycles. The van der Waals surface area contributed by atoms with E-state index in [0.717, 1.165) is 18.9 Å². The van der Waals surface area contributed by atoms with Crippen molar-refractivity contribution < 1.29 is 0 Å². The van der Waals surface area contributed by atoms with Crippen LogP contribution in [0.3, 0.4) is 0 Å². The highest BCUT2D eigenvalue weighted by Gasteiger charge is 2.17. The maximum absolute atomic E-state index is 5.49. The lowest BCUT2D eigenvalue weighted by molar-refractivity contribution is 0.296. The van der Waals surface area contributed by atoms with E-state index in [1.54, 1.807) is 0 Å². The summed E-state index contributed by atoms with van der Waals surface area (Å²) in [5.41, 5.74) is 5.49. The molecule has 0 aromatic rings. The first-order valence-corrected chi connectivity index (χ1v) is 4.80. The van der Waals surface area contributed by atoms with Crippen molar-refractivity contribution in [3.63, 3.8) is 0 Å². The van der Waals surface area contributed by atoms with Crippen molar-refractivity contribution in [3.8, 4) is 0 Å². The Balaban J connectivity index is 2.14. The van der Waals surface area contributed by atoms with Gasteiger partial charge < -0.3 is 11.1 Å². The van der Waals surface area contributed by atoms with Gasteiger partial charge >= 0.3 is 0 Å². The summed E-state index contributed by atoms with van der Waals surface area (Å²) in [4.78, 5) is 0. The number of piperidine rings is 1. The molecule has 0 aromatic carbocycles. The van der Waals surface area contributed by atoms with Gasteiger partial charge in [0.1, 0.15) is 0 Å². The Morgan fingerprint density at radius 1 is 1.45 bits per heavy atom. The highest BCUT2D eigenvalue weighted by atomic mass is 14.9. The summed E-state index contributed by atoms with van der Waals surface area (Å²) in [6.45, 7) is 4.31. The summed E-state index contributed by atoms with van der Waals surface area (Å²) >= 11 is 0. The van der Waals surface area contributed by atoms with E-state index in [1.807, 2.05) is 0 Å². The Kier molecular flexibility index (Phi) is 3.87. The molecular formula is C9H20N2. The number of nitrogens with two attached hydrogens (primary N) is 1. The normalized spacial score (nSPS) is 32.2. The molecule has 0 unspecified atom stereocenters. The largest absolute Gasteiger partial charge is 0.330 e. The molecule has 0 aromatic heterocycles. The first-order valence-electron chi connectivity index (χ1n) is 4.80. The fourth-order valence-corrected chi connectivity index (χ4v) is 1.77. The van der Waals surface area contributed by atoms with E-state index >= 15 is 0 Å². The zero-order valence-corrected chi connectivity index (χ0v) is 7.47. The van der Waals surface area contributed by atoms with Gasteiger partial charge in [-0.25, -0.2) is 0 Å². The van der Waals surface area contributed by atoms with Gasteiger partial charge in [-0.15, -0.1) is 0 Å². The van der Waals surface area contributed by atoms with Gasteiger partial charge in [-0.05, 0) is 38.3 Å². The summed E-state index contributed by atoms with van der Waals surface area (Å²) in [6.07, 6.45) is 5.20. The van der Waals surface area contributed by atoms with Crippen molar-refractivity contribution in [1.82, 2.24) is 5.32 Å². The lowest BCUT2D eigenvalue weighted by Crippen LogP contribution is -2.39. The molecule has 0 saturated carbocycles. The van der Waals surface area contributed by atoms with Crippen molar-refractivity contribution >= 4 is 0 Å². The second-order valence-corrected chi connectivity index (χ2v) is 3.53. The molecule has 3 N–H and O–H groups in total. The maximum atomic E-state index is 5.49. The van der Waals surface area contributed by atoms with Crippen LogP contribution in [0.5, 0.6) is 0 Å². The molecule has 1 rings (SSSR count). The van der Waals surface area contributed by atoms with Crippen molar-refractivity contribution in [2.45, 2.75) is 38.6 Å². The molecule has 1 fully saturated rings. The Hall–Kier alpha value is -0.0800. The lowest BCUT2D eigenvalue weighted by Gasteiger charge is -2.28. The average molecular weight is 156 g/mol. The molecule has 1 aliphatic heterocycles. The third kappa shape index (κ3) is 2.80. The van der Waals surface area contributed by atoms with Crippen LogP contribution in [0.25, 0.3) is 0 Å². The molecule has 66 valence electrons. The summed E-state index contributed by atoms with van der Waals surface area (Å²) in [5, 5.41) is 3.54. The van der Waals surface area contributed by atoms with E-state index in [-0.39, 0.29) is 0 Å². The fourth-order valence-electron chi connectivity index (χ4n) is 1.77. The second-order valence-electron chi connectivity index (χ2n) is 3.53. The van der Waals surface area contributed by atoms with Gasteiger partial charge in [0.05, 0.1) is 0 Å². The standard InChI is InChI=1S/C9H20N2/c1-2-8-3-4-9(5-6-10)11-7-8/h8-9,11H,2-7,10H2,1H3/t8-,9+/m0/s1. The lowest BCUT2D eigenvalue weighted by atomic mass is 9.91. The quantitative estimate of drug-likeness (QED) is 0.642. The van der Waals surface area contributed by atoms with Crippen molar-refractivity contribution in [3.05, 3.63) is 0 Å². The summed E-state index contributed by atoms with van der Waals surface area (Å²) in [6, 6.07) is 0.711. The molecule has 11 heavy (non-hydrogen) atoms. The van der Waals surface area contributed by atoms with Crippen LogP contribution in [0.2, 0.25) is 0 Å². The molecule has 0 spiro atoms. The van der Waals surface area contributed by atoms with E-state index in [2.05, 4.69) is 12.2 Å². The van der Waals surface area contributed by atoms with E-state index in [4.69, 9.17) is 5.73 Å². The molecule has 0 bridgehead atoms. The van der Waals surface area contributed by atoms with Crippen LogP contribution < -0.4 is 11.1 Å². The fraction of sp³-hybridized carbons (Fsp3) is 1.00. The van der Waals surface area contributed by atoms with Gasteiger partial charge in [-0.3, -0.25) is 0 Å². The second kappa shape index (κ2) is 4.73. The van der Waals surface area contributed by atoms with Crippen LogP contribution in [-0.2, 0) is 0 Å². The minimum atomic E-state index is 0.711. The molecule has 2 nitrogen and oxygen atoms in total. The van der Waals surface area contributed by atoms with Crippen LogP contribution in [0.15, 0.2) is 0 Å². The smallest absolute Gasteiger partial charge is 0.00792 e. The zero-order chi connectivity index (χ0) is 8.10. The van der Waals surface area contributed by atoms with Crippen LogP contribution in [-0.4, -0.2) is 19.1 Å². The van der Waals surface area contributed by atoms with Gasteiger partial charge in [0, 0.05) is 6.04 Å². The molecule has 1 saturated heterocycles. The van der Waals surface area contributed by atoms with Crippen LogP contribution >= 0.6 is 0 Å². The van der Waals surface area contributed by atoms with Crippen LogP contribution in [0, 0.1) is 5.92 Å². The highest BCUT2D eigenvalue weighted by molar-refractivity contribution is 4.77. The molecule has 0 radical (unpaired) electrons. The first kappa shape index (κ1) is 9.01. The van der Waals surface area contributed by atoms with Crippen LogP contribution in [0.4, 0.5) is 0 Å². The summed E-state index contributed by atoms with van der Waals surface area (Å²) in [5.74, 6) is 0.920. The predicted octanol–water partition coefficient (Wildman–Crippen LogP) is 1.11. The third-order valence-electron chi connectivity index (χ3n) is 2.71. The van der Waals surface area contributed by atoms with Crippen molar-refractivity contribution in [2.24, 2.45) is 11.7 Å². The molecule has 2 heteroatoms. The van der Waals surface area contributed by atoms with Gasteiger partial charge in [0.2, 0.25) is 0 Å². The predicted molar refractivity (Wildman–Crippen MR) is 48.5 cm³/mol. The monoisotopic (exact) mass is 156 g/mol. The van der Waals surface area contributed by atoms with E-state index in [9.17, 15) is 0 Å². The Morgan fingerprint density at radius 3 is 2.73 bits per heavy atom. The number of hydrogen-bond acceptors (Lipinski definition) is 2. The Bertz CT molecular complexity index is 95.7. The Labute approximate surface area is 69.5 Å².